The Hall–Kier alpha value is -2.24. The van der Waals surface area contributed by atoms with Gasteiger partial charge >= 0.3 is 0 Å². The summed E-state index contributed by atoms with van der Waals surface area (Å²) in [5, 5.41) is 9.11. The third kappa shape index (κ3) is 3.18. The molecule has 0 saturated heterocycles. The molecule has 1 rings (SSSR count). The molecule has 6 nitrogen and oxygen atoms in total. The number of carbonyl (C=O) groups excluding carboxylic acids is 1. The van der Waals surface area contributed by atoms with Crippen LogP contribution in [0.3, 0.4) is 0 Å². The Kier molecular flexibility index (Phi) is 3.50. The van der Waals surface area contributed by atoms with Gasteiger partial charge in [-0.2, -0.15) is 0 Å². The number of aliphatic imine (C=N–C) groups is 1. The third-order valence-electron chi connectivity index (χ3n) is 1.53. The molecule has 6 heteroatoms. The number of aliphatic hydroxyl groups is 1. The van der Waals surface area contributed by atoms with E-state index in [9.17, 15) is 4.79 Å². The number of hydrogen-bond donors (Lipinski definition) is 2. The predicted molar refractivity (Wildman–Crippen MR) is 54.7 cm³/mol. The zero-order valence-corrected chi connectivity index (χ0v) is 8.08. The van der Waals surface area contributed by atoms with Crippen LogP contribution in [0.15, 0.2) is 34.9 Å². The second-order valence-electron chi connectivity index (χ2n) is 2.69. The van der Waals surface area contributed by atoms with Crippen molar-refractivity contribution in [2.45, 2.75) is 6.92 Å². The first kappa shape index (κ1) is 10.8. The molecule has 0 aliphatic carbocycles. The van der Waals surface area contributed by atoms with Gasteiger partial charge in [-0.25, -0.2) is 9.98 Å². The minimum atomic E-state index is -0.748. The first-order valence-corrected chi connectivity index (χ1v) is 4.11. The quantitative estimate of drug-likeness (QED) is 0.427. The molecule has 0 bridgehead atoms. The van der Waals surface area contributed by atoms with Gasteiger partial charge in [-0.3, -0.25) is 9.78 Å². The molecule has 1 aromatic heterocycles. The molecular weight excluding hydrogens is 196 g/mol. The largest absolute Gasteiger partial charge is 0.512 e. The summed E-state index contributed by atoms with van der Waals surface area (Å²) in [5.41, 5.74) is 4.96. The van der Waals surface area contributed by atoms with Crippen LogP contribution in [-0.4, -0.2) is 27.2 Å². The highest BCUT2D eigenvalue weighted by Crippen LogP contribution is 2.04. The summed E-state index contributed by atoms with van der Waals surface area (Å²) in [6, 6.07) is 0. The number of amides is 1. The van der Waals surface area contributed by atoms with Gasteiger partial charge in [0.25, 0.3) is 5.91 Å². The number of aromatic nitrogens is 2. The smallest absolute Gasteiger partial charge is 0.253 e. The number of carbonyl (C=O) groups is 1. The lowest BCUT2D eigenvalue weighted by Gasteiger charge is -1.96. The average Bonchev–Trinajstić information content (AvgIpc) is 2.18. The van der Waals surface area contributed by atoms with Crippen molar-refractivity contribution in [2.24, 2.45) is 10.7 Å². The second-order valence-corrected chi connectivity index (χ2v) is 2.69. The van der Waals surface area contributed by atoms with E-state index in [0.29, 0.717) is 5.82 Å². The normalized spacial score (nSPS) is 12.6. The van der Waals surface area contributed by atoms with Crippen LogP contribution in [0.25, 0.3) is 0 Å². The molecule has 0 fully saturated rings. The van der Waals surface area contributed by atoms with Crippen LogP contribution in [0.1, 0.15) is 6.92 Å². The van der Waals surface area contributed by atoms with Crippen LogP contribution < -0.4 is 5.73 Å². The third-order valence-corrected chi connectivity index (χ3v) is 1.53. The van der Waals surface area contributed by atoms with Gasteiger partial charge in [0.15, 0.2) is 5.82 Å². The average molecular weight is 206 g/mol. The first-order chi connectivity index (χ1) is 7.11. The van der Waals surface area contributed by atoms with Gasteiger partial charge in [0, 0.05) is 18.6 Å². The number of nitrogens with two attached hydrogens (primary N) is 1. The fourth-order valence-corrected chi connectivity index (χ4v) is 0.824. The maximum absolute atomic E-state index is 10.8. The maximum Gasteiger partial charge on any atom is 0.253 e. The number of aliphatic hydroxyl groups excluding tert-OH is 1. The first-order valence-electron chi connectivity index (χ1n) is 4.11. The summed E-state index contributed by atoms with van der Waals surface area (Å²) in [7, 11) is 0. The van der Waals surface area contributed by atoms with Crippen molar-refractivity contribution in [3.8, 4) is 0 Å². The van der Waals surface area contributed by atoms with Crippen molar-refractivity contribution in [1.82, 2.24) is 9.97 Å². The van der Waals surface area contributed by atoms with E-state index in [1.807, 2.05) is 0 Å². The highest BCUT2D eigenvalue weighted by atomic mass is 16.3. The van der Waals surface area contributed by atoms with Gasteiger partial charge < -0.3 is 10.8 Å². The van der Waals surface area contributed by atoms with Crippen molar-refractivity contribution in [1.29, 1.82) is 0 Å². The number of hydrogen-bond acceptors (Lipinski definition) is 5. The molecule has 0 radical (unpaired) electrons. The molecule has 15 heavy (non-hydrogen) atoms. The molecule has 1 heterocycles. The van der Waals surface area contributed by atoms with Crippen molar-refractivity contribution in [3.05, 3.63) is 29.9 Å². The number of nitrogens with zero attached hydrogens (tertiary/aromatic N) is 3. The molecule has 0 saturated carbocycles. The molecule has 78 valence electrons. The highest BCUT2D eigenvalue weighted by Gasteiger charge is 2.05. The van der Waals surface area contributed by atoms with Gasteiger partial charge in [-0.1, -0.05) is 0 Å². The topological polar surface area (TPSA) is 101 Å². The lowest BCUT2D eigenvalue weighted by atomic mass is 10.2. The molecule has 0 unspecified atom stereocenters. The molecular formula is C9H10N4O2. The zero-order chi connectivity index (χ0) is 11.3. The summed E-state index contributed by atoms with van der Waals surface area (Å²) in [6.07, 6.45) is 5.54. The fourth-order valence-electron chi connectivity index (χ4n) is 0.824. The van der Waals surface area contributed by atoms with Crippen molar-refractivity contribution in [3.63, 3.8) is 0 Å². The number of primary amides is 1. The van der Waals surface area contributed by atoms with Crippen molar-refractivity contribution < 1.29 is 9.90 Å². The van der Waals surface area contributed by atoms with E-state index in [4.69, 9.17) is 10.8 Å². The molecule has 0 atom stereocenters. The standard InChI is InChI=1S/C9H10N4O2/c1-6(14)7(9(10)15)4-13-8-5-11-2-3-12-8/h2-5,14H,1H3,(H2,10,15)/b7-6+,13-4?. The predicted octanol–water partition coefficient (Wildman–Crippen LogP) is 0.496. The van der Waals surface area contributed by atoms with Crippen LogP contribution in [-0.2, 0) is 4.79 Å². The lowest BCUT2D eigenvalue weighted by molar-refractivity contribution is -0.114. The maximum atomic E-state index is 10.8. The molecule has 0 aliphatic rings. The van der Waals surface area contributed by atoms with Crippen LogP contribution in [0.2, 0.25) is 0 Å². The summed E-state index contributed by atoms with van der Waals surface area (Å²) in [5.74, 6) is -0.602. The van der Waals surface area contributed by atoms with E-state index < -0.39 is 5.91 Å². The van der Waals surface area contributed by atoms with E-state index in [-0.39, 0.29) is 11.3 Å². The van der Waals surface area contributed by atoms with E-state index >= 15 is 0 Å². The van der Waals surface area contributed by atoms with Crippen LogP contribution in [0.4, 0.5) is 5.82 Å². The van der Waals surface area contributed by atoms with E-state index in [1.165, 1.54) is 25.5 Å². The number of rotatable bonds is 3. The Bertz CT molecular complexity index is 407. The second kappa shape index (κ2) is 4.85. The van der Waals surface area contributed by atoms with Crippen molar-refractivity contribution in [2.75, 3.05) is 0 Å². The molecule has 1 amide bonds. The van der Waals surface area contributed by atoms with Crippen molar-refractivity contribution >= 4 is 17.9 Å². The Morgan fingerprint density at radius 2 is 2.33 bits per heavy atom. The van der Waals surface area contributed by atoms with Crippen LogP contribution in [0, 0.1) is 0 Å². The zero-order valence-electron chi connectivity index (χ0n) is 8.08. The van der Waals surface area contributed by atoms with Gasteiger partial charge in [0.2, 0.25) is 0 Å². The lowest BCUT2D eigenvalue weighted by Crippen LogP contribution is -2.16. The molecule has 3 N–H and O–H groups in total. The number of allylic oxidation sites excluding steroid dienone is 1. The van der Waals surface area contributed by atoms with Gasteiger partial charge in [0.05, 0.1) is 11.8 Å². The van der Waals surface area contributed by atoms with Gasteiger partial charge in [-0.15, -0.1) is 0 Å². The van der Waals surface area contributed by atoms with Crippen LogP contribution >= 0.6 is 0 Å². The molecule has 0 spiro atoms. The van der Waals surface area contributed by atoms with E-state index in [1.54, 1.807) is 0 Å². The molecule has 0 aliphatic heterocycles. The van der Waals surface area contributed by atoms with E-state index in [0.717, 1.165) is 6.21 Å². The van der Waals surface area contributed by atoms with Crippen LogP contribution in [0.5, 0.6) is 0 Å². The van der Waals surface area contributed by atoms with E-state index in [2.05, 4.69) is 15.0 Å². The van der Waals surface area contributed by atoms with Gasteiger partial charge in [-0.05, 0) is 6.92 Å². The summed E-state index contributed by atoms with van der Waals surface area (Å²) >= 11 is 0. The minimum Gasteiger partial charge on any atom is -0.512 e. The summed E-state index contributed by atoms with van der Waals surface area (Å²) in [4.78, 5) is 22.3. The van der Waals surface area contributed by atoms with Gasteiger partial charge in [0.1, 0.15) is 5.76 Å². The Balaban J connectivity index is 2.90. The Morgan fingerprint density at radius 1 is 1.60 bits per heavy atom. The fraction of sp³-hybridized carbons (Fsp3) is 0.111. The molecule has 1 aromatic rings. The summed E-state index contributed by atoms with van der Waals surface area (Å²) in [6.45, 7) is 1.35. The Morgan fingerprint density at radius 3 is 2.80 bits per heavy atom. The minimum absolute atomic E-state index is 0.0550. The SMILES string of the molecule is C/C(O)=C(/C=Nc1cnccn1)C(N)=O. The highest BCUT2D eigenvalue weighted by molar-refractivity contribution is 6.12. The summed E-state index contributed by atoms with van der Waals surface area (Å²) < 4.78 is 0. The Labute approximate surface area is 86.2 Å². The monoisotopic (exact) mass is 206 g/mol. The molecule has 0 aromatic carbocycles.